The first-order valence-corrected chi connectivity index (χ1v) is 11.4. The van der Waals surface area contributed by atoms with Crippen molar-refractivity contribution in [3.05, 3.63) is 47.2 Å². The highest BCUT2D eigenvalue weighted by Crippen LogP contribution is 2.32. The Morgan fingerprint density at radius 3 is 2.62 bits per heavy atom. The predicted octanol–water partition coefficient (Wildman–Crippen LogP) is 5.34. The number of carboxylic acids is 1. The van der Waals surface area contributed by atoms with Crippen molar-refractivity contribution in [2.45, 2.75) is 58.7 Å². The molecule has 1 heterocycles. The van der Waals surface area contributed by atoms with E-state index in [9.17, 15) is 23.5 Å². The maximum atomic E-state index is 14.1. The van der Waals surface area contributed by atoms with E-state index in [1.165, 1.54) is 4.90 Å². The normalized spacial score (nSPS) is 17.8. The van der Waals surface area contributed by atoms with Crippen LogP contribution in [-0.2, 0) is 16.1 Å². The summed E-state index contributed by atoms with van der Waals surface area (Å²) in [5.41, 5.74) is 1.51. The fourth-order valence-corrected chi connectivity index (χ4v) is 4.10. The molecular formula is C25H30F2N2O5. The minimum atomic E-state index is -1.04. The average molecular weight is 477 g/mol. The second-order valence-corrected chi connectivity index (χ2v) is 8.62. The number of carboxylic acid groups (broad SMARTS) is 1. The van der Waals surface area contributed by atoms with E-state index in [0.717, 1.165) is 31.4 Å². The molecule has 1 saturated carbocycles. The van der Waals surface area contributed by atoms with Crippen molar-refractivity contribution >= 4 is 12.1 Å². The van der Waals surface area contributed by atoms with Gasteiger partial charge in [0.2, 0.25) is 0 Å². The van der Waals surface area contributed by atoms with Crippen molar-refractivity contribution < 1.29 is 33.0 Å². The number of rotatable bonds is 8. The van der Waals surface area contributed by atoms with Crippen LogP contribution in [0.25, 0.3) is 11.3 Å². The number of hydrogen-bond donors (Lipinski definition) is 1. The molecule has 0 unspecified atom stereocenters. The lowest BCUT2D eigenvalue weighted by atomic mass is 9.87. The topological polar surface area (TPSA) is 89.0 Å². The summed E-state index contributed by atoms with van der Waals surface area (Å²) in [5.74, 6) is -2.80. The molecule has 1 amide bonds. The molecule has 3 rings (SSSR count). The van der Waals surface area contributed by atoms with Crippen LogP contribution in [0.1, 0.15) is 50.3 Å². The van der Waals surface area contributed by atoms with Crippen LogP contribution in [0.3, 0.4) is 0 Å². The number of aliphatic carboxylic acids is 1. The van der Waals surface area contributed by atoms with Gasteiger partial charge in [0, 0.05) is 24.7 Å². The van der Waals surface area contributed by atoms with Gasteiger partial charge in [-0.2, -0.15) is 0 Å². The van der Waals surface area contributed by atoms with Crippen molar-refractivity contribution in [2.24, 2.45) is 5.92 Å². The van der Waals surface area contributed by atoms with E-state index >= 15 is 0 Å². The van der Waals surface area contributed by atoms with Crippen LogP contribution in [0.2, 0.25) is 0 Å². The summed E-state index contributed by atoms with van der Waals surface area (Å²) in [7, 11) is 1.60. The van der Waals surface area contributed by atoms with Crippen molar-refractivity contribution in [1.82, 2.24) is 9.88 Å². The van der Waals surface area contributed by atoms with Crippen LogP contribution in [0.5, 0.6) is 5.75 Å². The Morgan fingerprint density at radius 1 is 1.21 bits per heavy atom. The molecular weight excluding hydrogens is 446 g/mol. The molecule has 34 heavy (non-hydrogen) atoms. The third-order valence-electron chi connectivity index (χ3n) is 5.95. The summed E-state index contributed by atoms with van der Waals surface area (Å²) in [6, 6.07) is 5.36. The third-order valence-corrected chi connectivity index (χ3v) is 5.95. The number of carbonyl (C=O) groups is 2. The number of carbonyl (C=O) groups excluding carboxylic acids is 1. The number of amides is 1. The molecule has 2 aromatic rings. The van der Waals surface area contributed by atoms with Crippen LogP contribution in [0.4, 0.5) is 13.6 Å². The summed E-state index contributed by atoms with van der Waals surface area (Å²) in [5, 5.41) is 9.28. The highest BCUT2D eigenvalue weighted by Gasteiger charge is 2.28. The molecule has 7 nitrogen and oxygen atoms in total. The molecule has 1 aliphatic rings. The second-order valence-electron chi connectivity index (χ2n) is 8.62. The van der Waals surface area contributed by atoms with Gasteiger partial charge in [-0.05, 0) is 63.3 Å². The Balaban J connectivity index is 1.80. The van der Waals surface area contributed by atoms with Crippen molar-refractivity contribution in [2.75, 3.05) is 13.6 Å². The molecule has 0 spiro atoms. The van der Waals surface area contributed by atoms with Gasteiger partial charge in [0.05, 0.1) is 23.4 Å². The van der Waals surface area contributed by atoms with Gasteiger partial charge in [0.1, 0.15) is 12.4 Å². The molecule has 2 atom stereocenters. The van der Waals surface area contributed by atoms with Crippen molar-refractivity contribution in [3.63, 3.8) is 0 Å². The number of benzene rings is 1. The zero-order valence-electron chi connectivity index (χ0n) is 19.6. The van der Waals surface area contributed by atoms with Crippen molar-refractivity contribution in [1.29, 1.82) is 0 Å². The number of pyridine rings is 1. The van der Waals surface area contributed by atoms with Gasteiger partial charge in [-0.1, -0.05) is 6.92 Å². The minimum Gasteiger partial charge on any atom is -0.489 e. The molecule has 0 aliphatic heterocycles. The largest absolute Gasteiger partial charge is 0.489 e. The van der Waals surface area contributed by atoms with E-state index in [-0.39, 0.29) is 18.3 Å². The van der Waals surface area contributed by atoms with Gasteiger partial charge in [-0.3, -0.25) is 4.79 Å². The Bertz CT molecular complexity index is 1050. The second kappa shape index (κ2) is 11.3. The number of aryl methyl sites for hydroxylation is 1. The maximum Gasteiger partial charge on any atom is 0.409 e. The fraction of sp³-hybridized carbons (Fsp3) is 0.480. The quantitative estimate of drug-likeness (QED) is 0.554. The Hall–Kier alpha value is -3.23. The first kappa shape index (κ1) is 25.4. The molecule has 9 heteroatoms. The molecule has 1 aromatic heterocycles. The van der Waals surface area contributed by atoms with Gasteiger partial charge in [0.15, 0.2) is 11.6 Å². The van der Waals surface area contributed by atoms with Crippen LogP contribution in [0, 0.1) is 24.5 Å². The molecule has 1 aliphatic carbocycles. The lowest BCUT2D eigenvalue weighted by molar-refractivity contribution is -0.143. The van der Waals surface area contributed by atoms with E-state index in [2.05, 4.69) is 4.98 Å². The first-order valence-electron chi connectivity index (χ1n) is 11.4. The zero-order valence-corrected chi connectivity index (χ0v) is 19.6. The van der Waals surface area contributed by atoms with Gasteiger partial charge in [0.25, 0.3) is 0 Å². The van der Waals surface area contributed by atoms with E-state index in [1.807, 2.05) is 6.92 Å². The molecule has 1 fully saturated rings. The molecule has 0 radical (unpaired) electrons. The minimum absolute atomic E-state index is 0.223. The van der Waals surface area contributed by atoms with Gasteiger partial charge < -0.3 is 19.5 Å². The standard InChI is InChI=1S/C25H30F2N2O5/c1-4-10-29(3)25(32)33-14-17-12-20(26)21(27)13-19(17)22-8-9-23(15(2)28-22)34-18-7-5-6-16(11-18)24(30)31/h8-9,12-13,16,18H,4-7,10-11,14H2,1-3H3,(H,30,31)/t16-,18-/m0/s1. The summed E-state index contributed by atoms with van der Waals surface area (Å²) in [4.78, 5) is 29.4. The highest BCUT2D eigenvalue weighted by atomic mass is 19.2. The van der Waals surface area contributed by atoms with Gasteiger partial charge >= 0.3 is 12.1 Å². The number of ether oxygens (including phenoxy) is 2. The number of hydrogen-bond acceptors (Lipinski definition) is 5. The fourth-order valence-electron chi connectivity index (χ4n) is 4.10. The maximum absolute atomic E-state index is 14.1. The van der Waals surface area contributed by atoms with Crippen molar-refractivity contribution in [3.8, 4) is 17.0 Å². The summed E-state index contributed by atoms with van der Waals surface area (Å²) in [6.07, 6.45) is 2.59. The number of halogens is 2. The Labute approximate surface area is 197 Å². The predicted molar refractivity (Wildman–Crippen MR) is 121 cm³/mol. The molecule has 0 saturated heterocycles. The van der Waals surface area contributed by atoms with Crippen LogP contribution in [-0.4, -0.2) is 46.7 Å². The molecule has 0 bridgehead atoms. The Morgan fingerprint density at radius 2 is 1.94 bits per heavy atom. The van der Waals surface area contributed by atoms with E-state index in [0.29, 0.717) is 42.1 Å². The molecule has 1 N–H and O–H groups in total. The van der Waals surface area contributed by atoms with E-state index in [4.69, 9.17) is 9.47 Å². The zero-order chi connectivity index (χ0) is 24.8. The molecule has 184 valence electrons. The van der Waals surface area contributed by atoms with Crippen LogP contribution < -0.4 is 4.74 Å². The van der Waals surface area contributed by atoms with Crippen LogP contribution >= 0.6 is 0 Å². The van der Waals surface area contributed by atoms with Gasteiger partial charge in [-0.25, -0.2) is 18.6 Å². The monoisotopic (exact) mass is 476 g/mol. The lowest BCUT2D eigenvalue weighted by Crippen LogP contribution is -2.29. The summed E-state index contributed by atoms with van der Waals surface area (Å²) < 4.78 is 39.3. The number of nitrogens with zero attached hydrogens (tertiary/aromatic N) is 2. The average Bonchev–Trinajstić information content (AvgIpc) is 2.81. The summed E-state index contributed by atoms with van der Waals surface area (Å²) in [6.45, 7) is 3.93. The van der Waals surface area contributed by atoms with E-state index in [1.54, 1.807) is 26.1 Å². The van der Waals surface area contributed by atoms with Gasteiger partial charge in [-0.15, -0.1) is 0 Å². The van der Waals surface area contributed by atoms with Crippen LogP contribution in [0.15, 0.2) is 24.3 Å². The third kappa shape index (κ3) is 6.21. The van der Waals surface area contributed by atoms with E-state index < -0.39 is 29.6 Å². The molecule has 1 aromatic carbocycles. The Kier molecular flexibility index (Phi) is 8.41. The lowest BCUT2D eigenvalue weighted by Gasteiger charge is -2.27. The SMILES string of the molecule is CCCN(C)C(=O)OCc1cc(F)c(F)cc1-c1ccc(O[C@H]2CCC[C@H](C(=O)O)C2)c(C)n1. The highest BCUT2D eigenvalue weighted by molar-refractivity contribution is 5.70. The number of aromatic nitrogens is 1. The first-order chi connectivity index (χ1) is 16.2. The summed E-state index contributed by atoms with van der Waals surface area (Å²) >= 11 is 0. The smallest absolute Gasteiger partial charge is 0.409 e.